The monoisotopic (exact) mass is 480 g/mol. The third-order valence-corrected chi connectivity index (χ3v) is 7.89. The lowest BCUT2D eigenvalue weighted by Crippen LogP contribution is -2.46. The zero-order valence-electron chi connectivity index (χ0n) is 17.5. The molecule has 2 saturated heterocycles. The molecule has 2 aliphatic rings. The Morgan fingerprint density at radius 2 is 1.72 bits per heavy atom. The number of rotatable bonds is 6. The molecule has 2 aromatic rings. The molecule has 0 atom stereocenters. The summed E-state index contributed by atoms with van der Waals surface area (Å²) in [4.78, 5) is 15.4. The van der Waals surface area contributed by atoms with E-state index in [1.807, 2.05) is 29.2 Å². The van der Waals surface area contributed by atoms with E-state index in [0.29, 0.717) is 37.0 Å². The Kier molecular flexibility index (Phi) is 6.96. The van der Waals surface area contributed by atoms with Gasteiger partial charge in [0, 0.05) is 56.9 Å². The molecule has 32 heavy (non-hydrogen) atoms. The summed E-state index contributed by atoms with van der Waals surface area (Å²) in [5.74, 6) is 0. The first-order valence-electron chi connectivity index (χ1n) is 10.4. The van der Waals surface area contributed by atoms with Crippen LogP contribution in [0, 0.1) is 10.1 Å². The summed E-state index contributed by atoms with van der Waals surface area (Å²) in [6.45, 7) is 4.56. The summed E-state index contributed by atoms with van der Waals surface area (Å²) in [7, 11) is -3.80. The van der Waals surface area contributed by atoms with E-state index in [0.717, 1.165) is 25.2 Å². The van der Waals surface area contributed by atoms with Gasteiger partial charge in [-0.3, -0.25) is 15.0 Å². The van der Waals surface area contributed by atoms with Gasteiger partial charge in [0.05, 0.1) is 23.0 Å². The summed E-state index contributed by atoms with van der Waals surface area (Å²) in [5.41, 5.74) is 1.37. The molecule has 0 bridgehead atoms. The smallest absolute Gasteiger partial charge is 0.293 e. The first-order chi connectivity index (χ1) is 15.3. The fourth-order valence-corrected chi connectivity index (χ4v) is 5.70. The molecular weight excluding hydrogens is 456 g/mol. The molecule has 0 N–H and O–H groups in total. The van der Waals surface area contributed by atoms with Crippen LogP contribution in [0.2, 0.25) is 5.02 Å². The van der Waals surface area contributed by atoms with Crippen LogP contribution in [0.5, 0.6) is 0 Å². The highest BCUT2D eigenvalue weighted by Crippen LogP contribution is 2.33. The minimum atomic E-state index is -3.80. The van der Waals surface area contributed by atoms with Crippen LogP contribution in [0.15, 0.2) is 47.4 Å². The van der Waals surface area contributed by atoms with Crippen LogP contribution in [-0.4, -0.2) is 75.0 Å². The zero-order valence-corrected chi connectivity index (χ0v) is 19.1. The Labute approximate surface area is 192 Å². The second kappa shape index (κ2) is 9.72. The van der Waals surface area contributed by atoms with E-state index >= 15 is 0 Å². The zero-order chi connectivity index (χ0) is 22.7. The van der Waals surface area contributed by atoms with Crippen LogP contribution in [0.25, 0.3) is 0 Å². The van der Waals surface area contributed by atoms with Crippen molar-refractivity contribution in [3.63, 3.8) is 0 Å². The van der Waals surface area contributed by atoms with E-state index in [2.05, 4.69) is 4.90 Å². The summed E-state index contributed by atoms with van der Waals surface area (Å²) in [6, 6.07) is 11.9. The lowest BCUT2D eigenvalue weighted by molar-refractivity contribution is -0.384. The van der Waals surface area contributed by atoms with Crippen molar-refractivity contribution < 1.29 is 18.1 Å². The summed E-state index contributed by atoms with van der Waals surface area (Å²) >= 11 is 6.06. The normalized spacial score (nSPS) is 18.6. The van der Waals surface area contributed by atoms with Gasteiger partial charge in [-0.25, -0.2) is 8.42 Å². The number of ether oxygens (including phenoxy) is 1. The average molecular weight is 481 g/mol. The summed E-state index contributed by atoms with van der Waals surface area (Å²) < 4.78 is 32.3. The number of anilines is 1. The first kappa shape index (κ1) is 22.9. The molecular formula is C21H25ClN4O5S. The first-order valence-corrected chi connectivity index (χ1v) is 12.2. The number of nitro groups is 1. The number of piperazine rings is 1. The van der Waals surface area contributed by atoms with Crippen molar-refractivity contribution in [3.05, 3.63) is 63.2 Å². The Balaban J connectivity index is 1.48. The maximum Gasteiger partial charge on any atom is 0.293 e. The summed E-state index contributed by atoms with van der Waals surface area (Å²) in [6.07, 6.45) is 0. The topological polar surface area (TPSA) is 96.2 Å². The van der Waals surface area contributed by atoms with Crippen LogP contribution in [0.1, 0.15) is 5.56 Å². The number of hydrogen-bond donors (Lipinski definition) is 0. The molecule has 0 saturated carbocycles. The average Bonchev–Trinajstić information content (AvgIpc) is 2.80. The fraction of sp³-hybridized carbons (Fsp3) is 0.429. The van der Waals surface area contributed by atoms with Gasteiger partial charge in [-0.05, 0) is 29.8 Å². The van der Waals surface area contributed by atoms with Gasteiger partial charge in [0.25, 0.3) is 5.69 Å². The van der Waals surface area contributed by atoms with Gasteiger partial charge in [0.1, 0.15) is 5.69 Å². The van der Waals surface area contributed by atoms with Crippen LogP contribution in [-0.2, 0) is 21.3 Å². The number of sulfonamides is 1. The number of hydrogen-bond acceptors (Lipinski definition) is 7. The van der Waals surface area contributed by atoms with Crippen molar-refractivity contribution >= 4 is 33.0 Å². The van der Waals surface area contributed by atoms with Gasteiger partial charge in [-0.2, -0.15) is 4.31 Å². The van der Waals surface area contributed by atoms with Gasteiger partial charge < -0.3 is 9.64 Å². The van der Waals surface area contributed by atoms with Crippen LogP contribution >= 0.6 is 11.6 Å². The molecule has 0 unspecified atom stereocenters. The minimum absolute atomic E-state index is 0.0607. The van der Waals surface area contributed by atoms with E-state index in [4.69, 9.17) is 16.3 Å². The van der Waals surface area contributed by atoms with Crippen LogP contribution in [0.4, 0.5) is 11.4 Å². The number of benzene rings is 2. The van der Waals surface area contributed by atoms with Gasteiger partial charge in [0.15, 0.2) is 0 Å². The molecule has 2 aliphatic heterocycles. The highest BCUT2D eigenvalue weighted by atomic mass is 35.5. The predicted molar refractivity (Wildman–Crippen MR) is 122 cm³/mol. The molecule has 2 heterocycles. The van der Waals surface area contributed by atoms with Crippen molar-refractivity contribution in [1.82, 2.24) is 9.21 Å². The van der Waals surface area contributed by atoms with Gasteiger partial charge in [-0.15, -0.1) is 0 Å². The lowest BCUT2D eigenvalue weighted by atomic mass is 10.1. The fourth-order valence-electron chi connectivity index (χ4n) is 4.05. The third kappa shape index (κ3) is 5.05. The molecule has 0 radical (unpaired) electrons. The number of nitrogens with zero attached hydrogens (tertiary/aromatic N) is 4. The van der Waals surface area contributed by atoms with Gasteiger partial charge >= 0.3 is 0 Å². The second-order valence-corrected chi connectivity index (χ2v) is 10.2. The standard InChI is InChI=1S/C21H25ClN4O5S/c22-18-3-1-2-17(14-18)16-23-6-8-24(9-7-23)20-5-4-19(15-21(20)26(27)28)32(29,30)25-10-12-31-13-11-25/h1-5,14-15H,6-13,16H2. The molecule has 2 aromatic carbocycles. The van der Waals surface area contributed by atoms with Crippen molar-refractivity contribution in [2.24, 2.45) is 0 Å². The minimum Gasteiger partial charge on any atom is -0.379 e. The molecule has 0 aliphatic carbocycles. The van der Waals surface area contributed by atoms with Gasteiger partial charge in [0.2, 0.25) is 10.0 Å². The Morgan fingerprint density at radius 3 is 2.38 bits per heavy atom. The molecule has 9 nitrogen and oxygen atoms in total. The van der Waals surface area contributed by atoms with E-state index in [9.17, 15) is 18.5 Å². The maximum atomic E-state index is 12.9. The highest BCUT2D eigenvalue weighted by molar-refractivity contribution is 7.89. The lowest BCUT2D eigenvalue weighted by Gasteiger charge is -2.36. The number of nitro benzene ring substituents is 1. The third-order valence-electron chi connectivity index (χ3n) is 5.76. The van der Waals surface area contributed by atoms with E-state index in [1.165, 1.54) is 16.4 Å². The number of halogens is 1. The molecule has 4 rings (SSSR count). The molecule has 0 aromatic heterocycles. The maximum absolute atomic E-state index is 12.9. The van der Waals surface area contributed by atoms with Crippen molar-refractivity contribution in [1.29, 1.82) is 0 Å². The van der Waals surface area contributed by atoms with Crippen molar-refractivity contribution in [2.45, 2.75) is 11.4 Å². The second-order valence-electron chi connectivity index (χ2n) is 7.82. The highest BCUT2D eigenvalue weighted by Gasteiger charge is 2.30. The largest absolute Gasteiger partial charge is 0.379 e. The van der Waals surface area contributed by atoms with E-state index in [-0.39, 0.29) is 23.7 Å². The van der Waals surface area contributed by atoms with Crippen LogP contribution in [0.3, 0.4) is 0 Å². The molecule has 0 spiro atoms. The van der Waals surface area contributed by atoms with Crippen molar-refractivity contribution in [2.75, 3.05) is 57.4 Å². The van der Waals surface area contributed by atoms with E-state index in [1.54, 1.807) is 6.07 Å². The SMILES string of the molecule is O=[N+]([O-])c1cc(S(=O)(=O)N2CCOCC2)ccc1N1CCN(Cc2cccc(Cl)c2)CC1. The molecule has 0 amide bonds. The van der Waals surface area contributed by atoms with Crippen molar-refractivity contribution in [3.8, 4) is 0 Å². The molecule has 11 heteroatoms. The molecule has 172 valence electrons. The Morgan fingerprint density at radius 1 is 1.00 bits per heavy atom. The predicted octanol–water partition coefficient (Wildman–Crippen LogP) is 2.59. The Hall–Kier alpha value is -2.24. The quantitative estimate of drug-likeness (QED) is 0.463. The van der Waals surface area contributed by atoms with Gasteiger partial charge in [-0.1, -0.05) is 23.7 Å². The molecule has 2 fully saturated rings. The Bertz CT molecular complexity index is 1080. The number of morpholine rings is 1. The van der Waals surface area contributed by atoms with E-state index < -0.39 is 14.9 Å². The van der Waals surface area contributed by atoms with Crippen LogP contribution < -0.4 is 4.90 Å². The summed E-state index contributed by atoms with van der Waals surface area (Å²) in [5, 5.41) is 12.5.